The number of carbonyl (C=O) groups excluding carboxylic acids is 4. The molecular weight excluding hydrogens is 450 g/mol. The van der Waals surface area contributed by atoms with Gasteiger partial charge in [-0.05, 0) is 54.3 Å². The molecule has 1 fully saturated rings. The van der Waals surface area contributed by atoms with Crippen LogP contribution >= 0.6 is 0 Å². The van der Waals surface area contributed by atoms with E-state index in [4.69, 9.17) is 9.47 Å². The fraction of sp³-hybridized carbons (Fsp3) is 0.385. The van der Waals surface area contributed by atoms with Crippen LogP contribution in [0.2, 0.25) is 0 Å². The molecule has 1 atom stereocenters. The van der Waals surface area contributed by atoms with Gasteiger partial charge in [0.15, 0.2) is 6.61 Å². The Morgan fingerprint density at radius 1 is 1.03 bits per heavy atom. The fourth-order valence-corrected chi connectivity index (χ4v) is 3.54. The van der Waals surface area contributed by atoms with Crippen molar-refractivity contribution in [2.75, 3.05) is 25.1 Å². The molecule has 35 heavy (non-hydrogen) atoms. The second-order valence-electron chi connectivity index (χ2n) is 9.29. The van der Waals surface area contributed by atoms with Crippen LogP contribution in [-0.4, -0.2) is 48.5 Å². The first-order valence-electron chi connectivity index (χ1n) is 11.5. The van der Waals surface area contributed by atoms with E-state index in [0.29, 0.717) is 23.6 Å². The van der Waals surface area contributed by atoms with Crippen molar-refractivity contribution >= 4 is 29.4 Å². The number of hydrazine groups is 1. The zero-order chi connectivity index (χ0) is 25.6. The minimum absolute atomic E-state index is 0.0238. The van der Waals surface area contributed by atoms with Gasteiger partial charge in [-0.3, -0.25) is 29.6 Å². The molecule has 0 radical (unpaired) electrons. The number of nitrogens with one attached hydrogen (secondary N) is 2. The lowest BCUT2D eigenvalue weighted by Crippen LogP contribution is -2.43. The van der Waals surface area contributed by atoms with Crippen LogP contribution in [0.1, 0.15) is 50.0 Å². The summed E-state index contributed by atoms with van der Waals surface area (Å²) >= 11 is 0. The number of carbonyl (C=O) groups is 4. The van der Waals surface area contributed by atoms with Gasteiger partial charge in [0.2, 0.25) is 5.91 Å². The van der Waals surface area contributed by atoms with E-state index < -0.39 is 36.2 Å². The highest BCUT2D eigenvalue weighted by Gasteiger charge is 2.36. The molecule has 2 aromatic rings. The van der Waals surface area contributed by atoms with Crippen molar-refractivity contribution in [3.63, 3.8) is 0 Å². The average Bonchev–Trinajstić information content (AvgIpc) is 3.18. The van der Waals surface area contributed by atoms with Crippen molar-refractivity contribution in [3.8, 4) is 5.75 Å². The van der Waals surface area contributed by atoms with Crippen LogP contribution in [0.15, 0.2) is 48.5 Å². The minimum atomic E-state index is -0.774. The van der Waals surface area contributed by atoms with Crippen LogP contribution in [0.5, 0.6) is 5.75 Å². The number of ether oxygens (including phenoxy) is 2. The fourth-order valence-electron chi connectivity index (χ4n) is 3.54. The van der Waals surface area contributed by atoms with E-state index in [9.17, 15) is 19.2 Å². The van der Waals surface area contributed by atoms with Gasteiger partial charge in [-0.1, -0.05) is 32.9 Å². The van der Waals surface area contributed by atoms with E-state index >= 15 is 0 Å². The van der Waals surface area contributed by atoms with Crippen molar-refractivity contribution < 1.29 is 28.7 Å². The molecule has 2 N–H and O–H groups in total. The number of nitrogens with zero attached hydrogens (tertiary/aromatic N) is 1. The lowest BCUT2D eigenvalue weighted by Gasteiger charge is -2.20. The zero-order valence-corrected chi connectivity index (χ0v) is 20.4. The summed E-state index contributed by atoms with van der Waals surface area (Å²) in [6, 6.07) is 13.9. The largest absolute Gasteiger partial charge is 0.494 e. The van der Waals surface area contributed by atoms with Crippen molar-refractivity contribution in [2.45, 2.75) is 39.5 Å². The second kappa shape index (κ2) is 11.0. The van der Waals surface area contributed by atoms with E-state index in [1.807, 2.05) is 19.1 Å². The molecule has 1 aliphatic heterocycles. The average molecular weight is 482 g/mol. The van der Waals surface area contributed by atoms with Gasteiger partial charge in [0, 0.05) is 17.7 Å². The molecule has 9 heteroatoms. The second-order valence-corrected chi connectivity index (χ2v) is 9.29. The van der Waals surface area contributed by atoms with E-state index in [1.54, 1.807) is 36.4 Å². The van der Waals surface area contributed by atoms with E-state index in [2.05, 4.69) is 31.5 Å². The van der Waals surface area contributed by atoms with E-state index in [-0.39, 0.29) is 18.4 Å². The molecule has 186 valence electrons. The number of benzene rings is 2. The predicted molar refractivity (Wildman–Crippen MR) is 130 cm³/mol. The normalized spacial score (nSPS) is 15.5. The number of hydrogen-bond acceptors (Lipinski definition) is 6. The predicted octanol–water partition coefficient (Wildman–Crippen LogP) is 3.06. The Kier molecular flexibility index (Phi) is 8.11. The van der Waals surface area contributed by atoms with E-state index in [0.717, 1.165) is 10.6 Å². The first-order chi connectivity index (χ1) is 16.6. The summed E-state index contributed by atoms with van der Waals surface area (Å²) in [6.07, 6.45) is -0.109. The number of rotatable bonds is 8. The molecule has 9 nitrogen and oxygen atoms in total. The van der Waals surface area contributed by atoms with Gasteiger partial charge in [-0.15, -0.1) is 0 Å². The molecule has 1 saturated heterocycles. The standard InChI is InChI=1S/C26H31N3O6/c1-5-34-21-12-10-20(11-13-21)27-22(30)16-35-25(33)18-14-23(31)29(15-18)28-24(32)17-6-8-19(9-7-17)26(2,3)4/h6-13,18H,5,14-16H2,1-4H3,(H,27,30)(H,28,32)/t18-/m1/s1. The smallest absolute Gasteiger partial charge is 0.311 e. The Labute approximate surface area is 204 Å². The quantitative estimate of drug-likeness (QED) is 0.560. The molecule has 3 rings (SSSR count). The summed E-state index contributed by atoms with van der Waals surface area (Å²) in [5.74, 6) is -2.11. The Morgan fingerprint density at radius 3 is 2.29 bits per heavy atom. The summed E-state index contributed by atoms with van der Waals surface area (Å²) < 4.78 is 10.4. The summed E-state index contributed by atoms with van der Waals surface area (Å²) in [6.45, 7) is 8.14. The van der Waals surface area contributed by atoms with Crippen molar-refractivity contribution in [1.82, 2.24) is 10.4 Å². The van der Waals surface area contributed by atoms with Gasteiger partial charge in [0.05, 0.1) is 19.1 Å². The van der Waals surface area contributed by atoms with Gasteiger partial charge >= 0.3 is 5.97 Å². The Hall–Kier alpha value is -3.88. The van der Waals surface area contributed by atoms with Gasteiger partial charge in [-0.25, -0.2) is 0 Å². The molecule has 0 bridgehead atoms. The zero-order valence-electron chi connectivity index (χ0n) is 20.4. The van der Waals surface area contributed by atoms with Crippen molar-refractivity contribution in [3.05, 3.63) is 59.7 Å². The first-order valence-corrected chi connectivity index (χ1v) is 11.5. The first kappa shape index (κ1) is 25.7. The number of amides is 3. The molecule has 0 aromatic heterocycles. The minimum Gasteiger partial charge on any atom is -0.494 e. The maximum atomic E-state index is 12.5. The summed E-state index contributed by atoms with van der Waals surface area (Å²) in [4.78, 5) is 49.3. The number of esters is 1. The van der Waals surface area contributed by atoms with Gasteiger partial charge < -0.3 is 14.8 Å². The van der Waals surface area contributed by atoms with Crippen LogP contribution in [0, 0.1) is 5.92 Å². The maximum absolute atomic E-state index is 12.5. The topological polar surface area (TPSA) is 114 Å². The summed E-state index contributed by atoms with van der Waals surface area (Å²) in [5, 5.41) is 3.74. The molecular formula is C26H31N3O6. The van der Waals surface area contributed by atoms with Crippen molar-refractivity contribution in [1.29, 1.82) is 0 Å². The monoisotopic (exact) mass is 481 g/mol. The van der Waals surface area contributed by atoms with Crippen LogP contribution in [0.25, 0.3) is 0 Å². The third kappa shape index (κ3) is 7.05. The van der Waals surface area contributed by atoms with Gasteiger partial charge in [0.25, 0.3) is 11.8 Å². The molecule has 1 heterocycles. The van der Waals surface area contributed by atoms with Gasteiger partial charge in [-0.2, -0.15) is 0 Å². The van der Waals surface area contributed by atoms with Crippen LogP contribution < -0.4 is 15.5 Å². The van der Waals surface area contributed by atoms with Crippen molar-refractivity contribution in [2.24, 2.45) is 5.92 Å². The molecule has 0 spiro atoms. The lowest BCUT2D eigenvalue weighted by molar-refractivity contribution is -0.151. The van der Waals surface area contributed by atoms with Crippen LogP contribution in [-0.2, 0) is 24.5 Å². The van der Waals surface area contributed by atoms with Crippen LogP contribution in [0.4, 0.5) is 5.69 Å². The number of hydrogen-bond donors (Lipinski definition) is 2. The van der Waals surface area contributed by atoms with Crippen LogP contribution in [0.3, 0.4) is 0 Å². The summed E-state index contributed by atoms with van der Waals surface area (Å²) in [5.41, 5.74) is 4.53. The molecule has 0 unspecified atom stereocenters. The molecule has 1 aliphatic rings. The van der Waals surface area contributed by atoms with E-state index in [1.165, 1.54) is 0 Å². The SMILES string of the molecule is CCOc1ccc(NC(=O)COC(=O)[C@@H]2CC(=O)N(NC(=O)c3ccc(C(C)(C)C)cc3)C2)cc1. The maximum Gasteiger partial charge on any atom is 0.311 e. The Bertz CT molecular complexity index is 1070. The Morgan fingerprint density at radius 2 is 1.69 bits per heavy atom. The summed E-state index contributed by atoms with van der Waals surface area (Å²) in [7, 11) is 0. The highest BCUT2D eigenvalue weighted by molar-refractivity contribution is 5.97. The number of anilines is 1. The molecule has 0 saturated carbocycles. The Balaban J connectivity index is 1.46. The highest BCUT2D eigenvalue weighted by atomic mass is 16.5. The third-order valence-corrected chi connectivity index (χ3v) is 5.50. The molecule has 2 aromatic carbocycles. The third-order valence-electron chi connectivity index (χ3n) is 5.50. The van der Waals surface area contributed by atoms with Gasteiger partial charge in [0.1, 0.15) is 5.75 Å². The highest BCUT2D eigenvalue weighted by Crippen LogP contribution is 2.23. The molecule has 3 amide bonds. The molecule has 0 aliphatic carbocycles. The lowest BCUT2D eigenvalue weighted by atomic mass is 9.87.